The molecule has 4 heteroatoms. The Morgan fingerprint density at radius 1 is 0.879 bits per heavy atom. The van der Waals surface area contributed by atoms with Crippen LogP contribution in [0.3, 0.4) is 0 Å². The first kappa shape index (κ1) is 22.6. The van der Waals surface area contributed by atoms with Gasteiger partial charge in [0.1, 0.15) is 5.75 Å². The summed E-state index contributed by atoms with van der Waals surface area (Å²) in [7, 11) is 4.05. The van der Waals surface area contributed by atoms with Crippen molar-refractivity contribution in [3.05, 3.63) is 102 Å². The molecule has 0 saturated heterocycles. The number of ether oxygens (including phenoxy) is 1. The molecule has 4 aromatic carbocycles. The van der Waals surface area contributed by atoms with Gasteiger partial charge in [-0.15, -0.1) is 0 Å². The van der Waals surface area contributed by atoms with Crippen molar-refractivity contribution < 1.29 is 9.53 Å². The molecular formula is C29H30N2O2. The molecule has 168 valence electrons. The van der Waals surface area contributed by atoms with Gasteiger partial charge in [0, 0.05) is 12.1 Å². The van der Waals surface area contributed by atoms with E-state index in [1.165, 1.54) is 5.39 Å². The third-order valence-electron chi connectivity index (χ3n) is 5.68. The molecule has 4 nitrogen and oxygen atoms in total. The fourth-order valence-corrected chi connectivity index (χ4v) is 4.13. The quantitative estimate of drug-likeness (QED) is 0.377. The van der Waals surface area contributed by atoms with E-state index in [0.29, 0.717) is 0 Å². The standard InChI is InChI=1S/C29H30N2O2/c1-21(26-15-9-13-23-12-7-8-14-27(23)26)30-29(32)20-33-28-17-16-24(18-25(28)19-31(2)3)22-10-5-4-6-11-22/h4-18,21H,19-20H2,1-3H3,(H,30,32)/t21-/m1/s1. The van der Waals surface area contributed by atoms with Crippen LogP contribution in [0, 0.1) is 0 Å². The van der Waals surface area contributed by atoms with Gasteiger partial charge >= 0.3 is 0 Å². The molecular weight excluding hydrogens is 408 g/mol. The zero-order valence-corrected chi connectivity index (χ0v) is 19.4. The molecule has 0 saturated carbocycles. The minimum absolute atomic E-state index is 0.0276. The lowest BCUT2D eigenvalue weighted by Gasteiger charge is -2.19. The maximum Gasteiger partial charge on any atom is 0.258 e. The van der Waals surface area contributed by atoms with E-state index in [9.17, 15) is 4.79 Å². The first-order chi connectivity index (χ1) is 16.0. The second kappa shape index (κ2) is 10.3. The van der Waals surface area contributed by atoms with Crippen LogP contribution in [0.15, 0.2) is 91.0 Å². The van der Waals surface area contributed by atoms with Gasteiger partial charge in [-0.2, -0.15) is 0 Å². The largest absolute Gasteiger partial charge is 0.483 e. The van der Waals surface area contributed by atoms with Crippen molar-refractivity contribution in [2.24, 2.45) is 0 Å². The average molecular weight is 439 g/mol. The molecule has 0 aliphatic heterocycles. The molecule has 0 fully saturated rings. The Morgan fingerprint density at radius 3 is 2.39 bits per heavy atom. The van der Waals surface area contributed by atoms with Gasteiger partial charge in [0.2, 0.25) is 0 Å². The molecule has 1 N–H and O–H groups in total. The Bertz CT molecular complexity index is 1230. The number of carbonyl (C=O) groups is 1. The molecule has 0 aliphatic carbocycles. The normalized spacial score (nSPS) is 12.0. The predicted molar refractivity (Wildman–Crippen MR) is 135 cm³/mol. The first-order valence-electron chi connectivity index (χ1n) is 11.2. The summed E-state index contributed by atoms with van der Waals surface area (Å²) in [6.45, 7) is 2.70. The summed E-state index contributed by atoms with van der Waals surface area (Å²) in [6.07, 6.45) is 0. The molecule has 4 rings (SSSR count). The van der Waals surface area contributed by atoms with Crippen LogP contribution in [-0.2, 0) is 11.3 Å². The zero-order chi connectivity index (χ0) is 23.2. The molecule has 0 aromatic heterocycles. The van der Waals surface area contributed by atoms with Crippen LogP contribution >= 0.6 is 0 Å². The Kier molecular flexibility index (Phi) is 7.06. The molecule has 0 heterocycles. The average Bonchev–Trinajstić information content (AvgIpc) is 2.83. The van der Waals surface area contributed by atoms with E-state index < -0.39 is 0 Å². The Labute approximate surface area is 195 Å². The number of hydrogen-bond donors (Lipinski definition) is 1. The SMILES string of the molecule is C[C@@H](NC(=O)COc1ccc(-c2ccccc2)cc1CN(C)C)c1cccc2ccccc12. The maximum atomic E-state index is 12.7. The van der Waals surface area contributed by atoms with E-state index in [0.717, 1.165) is 39.9 Å². The number of nitrogens with one attached hydrogen (secondary N) is 1. The lowest BCUT2D eigenvalue weighted by molar-refractivity contribution is -0.123. The van der Waals surface area contributed by atoms with Gasteiger partial charge in [0.25, 0.3) is 5.91 Å². The van der Waals surface area contributed by atoms with Crippen LogP contribution in [-0.4, -0.2) is 31.5 Å². The summed E-state index contributed by atoms with van der Waals surface area (Å²) < 4.78 is 5.98. The maximum absolute atomic E-state index is 12.7. The van der Waals surface area contributed by atoms with Gasteiger partial charge in [-0.05, 0) is 60.6 Å². The summed E-state index contributed by atoms with van der Waals surface area (Å²) in [6, 6.07) is 30.7. The lowest BCUT2D eigenvalue weighted by atomic mass is 10.00. The van der Waals surface area contributed by atoms with Crippen molar-refractivity contribution in [1.82, 2.24) is 10.2 Å². The number of carbonyl (C=O) groups excluding carboxylic acids is 1. The van der Waals surface area contributed by atoms with Crippen LogP contribution < -0.4 is 10.1 Å². The van der Waals surface area contributed by atoms with Crippen LogP contribution in [0.2, 0.25) is 0 Å². The highest BCUT2D eigenvalue weighted by atomic mass is 16.5. The van der Waals surface area contributed by atoms with E-state index >= 15 is 0 Å². The molecule has 1 atom stereocenters. The van der Waals surface area contributed by atoms with Crippen LogP contribution in [0.25, 0.3) is 21.9 Å². The smallest absolute Gasteiger partial charge is 0.258 e. The molecule has 0 bridgehead atoms. The highest BCUT2D eigenvalue weighted by Crippen LogP contribution is 2.28. The van der Waals surface area contributed by atoms with Crippen molar-refractivity contribution in [3.8, 4) is 16.9 Å². The molecule has 0 radical (unpaired) electrons. The second-order valence-electron chi connectivity index (χ2n) is 8.57. The Hall–Kier alpha value is -3.63. The van der Waals surface area contributed by atoms with Crippen molar-refractivity contribution >= 4 is 16.7 Å². The van der Waals surface area contributed by atoms with Crippen molar-refractivity contribution in [1.29, 1.82) is 0 Å². The van der Waals surface area contributed by atoms with E-state index in [1.807, 2.05) is 69.6 Å². The van der Waals surface area contributed by atoms with Gasteiger partial charge < -0.3 is 15.0 Å². The van der Waals surface area contributed by atoms with Crippen LogP contribution in [0.4, 0.5) is 0 Å². The molecule has 1 amide bonds. The van der Waals surface area contributed by atoms with Crippen molar-refractivity contribution in [2.45, 2.75) is 19.5 Å². The first-order valence-corrected chi connectivity index (χ1v) is 11.2. The fourth-order valence-electron chi connectivity index (χ4n) is 4.13. The highest BCUT2D eigenvalue weighted by molar-refractivity contribution is 5.87. The molecule has 4 aromatic rings. The summed E-state index contributed by atoms with van der Waals surface area (Å²) >= 11 is 0. The van der Waals surface area contributed by atoms with E-state index in [1.54, 1.807) is 0 Å². The second-order valence-corrected chi connectivity index (χ2v) is 8.57. The van der Waals surface area contributed by atoms with Crippen molar-refractivity contribution in [3.63, 3.8) is 0 Å². The Balaban J connectivity index is 1.46. The van der Waals surface area contributed by atoms with Crippen LogP contribution in [0.1, 0.15) is 24.1 Å². The van der Waals surface area contributed by atoms with Gasteiger partial charge in [0.15, 0.2) is 6.61 Å². The number of fused-ring (bicyclic) bond motifs is 1. The van der Waals surface area contributed by atoms with Gasteiger partial charge in [-0.3, -0.25) is 4.79 Å². The Morgan fingerprint density at radius 2 is 1.61 bits per heavy atom. The summed E-state index contributed by atoms with van der Waals surface area (Å²) in [4.78, 5) is 14.8. The zero-order valence-electron chi connectivity index (χ0n) is 19.4. The van der Waals surface area contributed by atoms with Crippen molar-refractivity contribution in [2.75, 3.05) is 20.7 Å². The molecule has 33 heavy (non-hydrogen) atoms. The van der Waals surface area contributed by atoms with E-state index in [-0.39, 0.29) is 18.6 Å². The number of hydrogen-bond acceptors (Lipinski definition) is 3. The fraction of sp³-hybridized carbons (Fsp3) is 0.207. The molecule has 0 unspecified atom stereocenters. The minimum Gasteiger partial charge on any atom is -0.483 e. The number of rotatable bonds is 8. The molecule has 0 spiro atoms. The van der Waals surface area contributed by atoms with E-state index in [2.05, 4.69) is 52.7 Å². The highest BCUT2D eigenvalue weighted by Gasteiger charge is 2.14. The monoisotopic (exact) mass is 438 g/mol. The van der Waals surface area contributed by atoms with E-state index in [4.69, 9.17) is 4.74 Å². The van der Waals surface area contributed by atoms with Crippen LogP contribution in [0.5, 0.6) is 5.75 Å². The number of benzene rings is 4. The lowest BCUT2D eigenvalue weighted by Crippen LogP contribution is -2.31. The van der Waals surface area contributed by atoms with Gasteiger partial charge in [-0.25, -0.2) is 0 Å². The predicted octanol–water partition coefficient (Wildman–Crippen LogP) is 5.82. The number of nitrogens with zero attached hydrogens (tertiary/aromatic N) is 1. The van der Waals surface area contributed by atoms with Gasteiger partial charge in [-0.1, -0.05) is 78.9 Å². The van der Waals surface area contributed by atoms with Gasteiger partial charge in [0.05, 0.1) is 6.04 Å². The summed E-state index contributed by atoms with van der Waals surface area (Å²) in [5.41, 5.74) is 4.44. The topological polar surface area (TPSA) is 41.6 Å². The molecule has 0 aliphatic rings. The number of amides is 1. The third kappa shape index (κ3) is 5.60. The minimum atomic E-state index is -0.140. The summed E-state index contributed by atoms with van der Waals surface area (Å²) in [5.74, 6) is 0.592. The third-order valence-corrected chi connectivity index (χ3v) is 5.68. The summed E-state index contributed by atoms with van der Waals surface area (Å²) in [5, 5.41) is 5.40.